The van der Waals surface area contributed by atoms with Crippen LogP contribution in [0.2, 0.25) is 0 Å². The molecule has 2 aromatic rings. The Balaban J connectivity index is 2.03. The minimum Gasteiger partial charge on any atom is -0.493 e. The van der Waals surface area contributed by atoms with Crippen molar-refractivity contribution in [3.63, 3.8) is 0 Å². The maximum atomic E-state index is 12.1. The van der Waals surface area contributed by atoms with Crippen LogP contribution in [0.25, 0.3) is 11.6 Å². The van der Waals surface area contributed by atoms with Gasteiger partial charge in [-0.1, -0.05) is 0 Å². The van der Waals surface area contributed by atoms with Crippen molar-refractivity contribution in [1.82, 2.24) is 9.97 Å². The molecule has 0 saturated heterocycles. The van der Waals surface area contributed by atoms with Crippen LogP contribution in [0.15, 0.2) is 30.7 Å². The normalized spacial score (nSPS) is 15.1. The van der Waals surface area contributed by atoms with Gasteiger partial charge in [0.05, 0.1) is 31.9 Å². The number of nitrogens with one attached hydrogen (secondary N) is 1. The Kier molecular flexibility index (Phi) is 4.55. The van der Waals surface area contributed by atoms with Crippen molar-refractivity contribution in [3.05, 3.63) is 42.0 Å². The molecular weight excluding hydrogens is 306 g/mol. The second kappa shape index (κ2) is 6.78. The molecular formula is C18H21N3O3. The van der Waals surface area contributed by atoms with E-state index in [4.69, 9.17) is 9.47 Å². The van der Waals surface area contributed by atoms with Crippen LogP contribution >= 0.6 is 0 Å². The summed E-state index contributed by atoms with van der Waals surface area (Å²) in [5.41, 5.74) is 3.87. The summed E-state index contributed by atoms with van der Waals surface area (Å²) in [6.45, 7) is 4.54. The fraction of sp³-hybridized carbons (Fsp3) is 0.333. The fourth-order valence-electron chi connectivity index (χ4n) is 2.85. The van der Waals surface area contributed by atoms with Crippen molar-refractivity contribution in [1.29, 1.82) is 0 Å². The molecule has 2 heterocycles. The Morgan fingerprint density at radius 2 is 2.29 bits per heavy atom. The van der Waals surface area contributed by atoms with Gasteiger partial charge in [0.1, 0.15) is 5.75 Å². The second-order valence-corrected chi connectivity index (χ2v) is 5.89. The third-order valence-corrected chi connectivity index (χ3v) is 3.95. The number of ether oxygens (including phenoxy) is 2. The quantitative estimate of drug-likeness (QED) is 0.933. The van der Waals surface area contributed by atoms with E-state index < -0.39 is 0 Å². The summed E-state index contributed by atoms with van der Waals surface area (Å²) in [5, 5.41) is 0. The zero-order valence-corrected chi connectivity index (χ0v) is 14.1. The molecule has 6 nitrogen and oxygen atoms in total. The van der Waals surface area contributed by atoms with Gasteiger partial charge < -0.3 is 14.5 Å². The highest BCUT2D eigenvalue weighted by Crippen LogP contribution is 2.37. The maximum absolute atomic E-state index is 12.1. The minimum absolute atomic E-state index is 0.0138. The van der Waals surface area contributed by atoms with Crippen molar-refractivity contribution in [2.45, 2.75) is 26.3 Å². The van der Waals surface area contributed by atoms with E-state index in [1.807, 2.05) is 32.0 Å². The lowest BCUT2D eigenvalue weighted by Gasteiger charge is -2.27. The average molecular weight is 327 g/mol. The molecule has 0 spiro atoms. The van der Waals surface area contributed by atoms with E-state index in [1.165, 1.54) is 7.11 Å². The SMILES string of the molecule is COC(=O)N(c1ccc2c(c1)C(=Cc1cnc[nH]1)CCO2)C(C)C. The molecule has 24 heavy (non-hydrogen) atoms. The predicted octanol–water partition coefficient (Wildman–Crippen LogP) is 3.71. The average Bonchev–Trinajstić information content (AvgIpc) is 3.08. The van der Waals surface area contributed by atoms with Crippen molar-refractivity contribution < 1.29 is 14.3 Å². The third-order valence-electron chi connectivity index (χ3n) is 3.95. The smallest absolute Gasteiger partial charge is 0.414 e. The van der Waals surface area contributed by atoms with E-state index in [0.29, 0.717) is 6.61 Å². The molecule has 1 N–H and O–H groups in total. The van der Waals surface area contributed by atoms with Crippen LogP contribution in [0, 0.1) is 0 Å². The van der Waals surface area contributed by atoms with Crippen molar-refractivity contribution in [3.8, 4) is 5.75 Å². The Morgan fingerprint density at radius 3 is 2.96 bits per heavy atom. The zero-order chi connectivity index (χ0) is 17.1. The number of hydrogen-bond acceptors (Lipinski definition) is 4. The van der Waals surface area contributed by atoms with Gasteiger partial charge in [-0.15, -0.1) is 0 Å². The maximum Gasteiger partial charge on any atom is 0.414 e. The number of carbonyl (C=O) groups excluding carboxylic acids is 1. The molecule has 3 rings (SSSR count). The first-order chi connectivity index (χ1) is 11.6. The molecule has 0 unspecified atom stereocenters. The Bertz CT molecular complexity index is 751. The Hall–Kier alpha value is -2.76. The predicted molar refractivity (Wildman–Crippen MR) is 93.0 cm³/mol. The number of aromatic nitrogens is 2. The number of anilines is 1. The largest absolute Gasteiger partial charge is 0.493 e. The van der Waals surface area contributed by atoms with E-state index in [0.717, 1.165) is 34.7 Å². The number of aromatic amines is 1. The first-order valence-corrected chi connectivity index (χ1v) is 7.93. The topological polar surface area (TPSA) is 67.5 Å². The van der Waals surface area contributed by atoms with Gasteiger partial charge in [0.2, 0.25) is 0 Å². The number of hydrogen-bond donors (Lipinski definition) is 1. The number of imidazole rings is 1. The van der Waals surface area contributed by atoms with Crippen LogP contribution in [0.3, 0.4) is 0 Å². The molecule has 1 aromatic carbocycles. The highest BCUT2D eigenvalue weighted by molar-refractivity contribution is 5.91. The summed E-state index contributed by atoms with van der Waals surface area (Å²) in [6, 6.07) is 5.76. The molecule has 1 aliphatic rings. The number of fused-ring (bicyclic) bond motifs is 1. The monoisotopic (exact) mass is 327 g/mol. The lowest BCUT2D eigenvalue weighted by atomic mass is 9.97. The van der Waals surface area contributed by atoms with Gasteiger partial charge in [-0.2, -0.15) is 0 Å². The summed E-state index contributed by atoms with van der Waals surface area (Å²) in [5.74, 6) is 0.823. The van der Waals surface area contributed by atoms with Crippen LogP contribution < -0.4 is 9.64 Å². The summed E-state index contributed by atoms with van der Waals surface area (Å²) >= 11 is 0. The Morgan fingerprint density at radius 1 is 1.46 bits per heavy atom. The number of nitrogens with zero attached hydrogens (tertiary/aromatic N) is 2. The molecule has 0 fully saturated rings. The molecule has 1 aliphatic heterocycles. The molecule has 1 amide bonds. The number of methoxy groups -OCH3 is 1. The van der Waals surface area contributed by atoms with E-state index in [1.54, 1.807) is 17.4 Å². The first kappa shape index (κ1) is 16.1. The van der Waals surface area contributed by atoms with E-state index in [2.05, 4.69) is 16.0 Å². The van der Waals surface area contributed by atoms with Gasteiger partial charge >= 0.3 is 6.09 Å². The van der Waals surface area contributed by atoms with Gasteiger partial charge in [-0.25, -0.2) is 9.78 Å². The van der Waals surface area contributed by atoms with Crippen molar-refractivity contribution in [2.75, 3.05) is 18.6 Å². The van der Waals surface area contributed by atoms with Gasteiger partial charge in [-0.3, -0.25) is 4.90 Å². The summed E-state index contributed by atoms with van der Waals surface area (Å²) in [6.07, 6.45) is 5.92. The number of amides is 1. The summed E-state index contributed by atoms with van der Waals surface area (Å²) in [7, 11) is 1.39. The molecule has 126 valence electrons. The molecule has 1 aromatic heterocycles. The molecule has 0 atom stereocenters. The second-order valence-electron chi connectivity index (χ2n) is 5.89. The van der Waals surface area contributed by atoms with Crippen molar-refractivity contribution in [2.24, 2.45) is 0 Å². The van der Waals surface area contributed by atoms with Crippen molar-refractivity contribution >= 4 is 23.4 Å². The van der Waals surface area contributed by atoms with Crippen LogP contribution in [-0.4, -0.2) is 35.8 Å². The fourth-order valence-corrected chi connectivity index (χ4v) is 2.85. The molecule has 0 aliphatic carbocycles. The lowest BCUT2D eigenvalue weighted by molar-refractivity contribution is 0.177. The van der Waals surface area contributed by atoms with Crippen LogP contribution in [-0.2, 0) is 4.74 Å². The lowest BCUT2D eigenvalue weighted by Crippen LogP contribution is -2.37. The van der Waals surface area contributed by atoms with E-state index >= 15 is 0 Å². The van der Waals surface area contributed by atoms with E-state index in [-0.39, 0.29) is 12.1 Å². The molecule has 6 heteroatoms. The molecule has 0 radical (unpaired) electrons. The highest BCUT2D eigenvalue weighted by atomic mass is 16.5. The Labute approximate surface area is 141 Å². The molecule has 0 saturated carbocycles. The molecule has 0 bridgehead atoms. The van der Waals surface area contributed by atoms with Crippen LogP contribution in [0.1, 0.15) is 31.5 Å². The van der Waals surface area contributed by atoms with Gasteiger partial charge in [0, 0.05) is 23.7 Å². The minimum atomic E-state index is -0.374. The number of rotatable bonds is 3. The number of carbonyl (C=O) groups is 1. The summed E-state index contributed by atoms with van der Waals surface area (Å²) < 4.78 is 10.7. The highest BCUT2D eigenvalue weighted by Gasteiger charge is 2.23. The first-order valence-electron chi connectivity index (χ1n) is 7.93. The third kappa shape index (κ3) is 3.13. The van der Waals surface area contributed by atoms with Gasteiger partial charge in [0.25, 0.3) is 0 Å². The summed E-state index contributed by atoms with van der Waals surface area (Å²) in [4.78, 5) is 20.9. The standard InChI is InChI=1S/C18H21N3O3/c1-12(2)21(18(22)23-3)15-4-5-17-16(9-15)13(6-7-24-17)8-14-10-19-11-20-14/h4-5,8-12H,6-7H2,1-3H3,(H,19,20). The number of H-pyrrole nitrogens is 1. The van der Waals surface area contributed by atoms with Crippen LogP contribution in [0.5, 0.6) is 5.75 Å². The van der Waals surface area contributed by atoms with E-state index in [9.17, 15) is 4.79 Å². The zero-order valence-electron chi connectivity index (χ0n) is 14.1. The van der Waals surface area contributed by atoms with Gasteiger partial charge in [0.15, 0.2) is 0 Å². The van der Waals surface area contributed by atoms with Gasteiger partial charge in [-0.05, 0) is 43.7 Å². The van der Waals surface area contributed by atoms with Crippen LogP contribution in [0.4, 0.5) is 10.5 Å². The number of benzene rings is 1.